The molecule has 0 spiro atoms. The lowest BCUT2D eigenvalue weighted by Crippen LogP contribution is -2.38. The smallest absolute Gasteiger partial charge is 0.191 e. The topological polar surface area (TPSA) is 82.6 Å². The number of nitrogens with zero attached hydrogens (tertiary/aromatic N) is 2. The van der Waals surface area contributed by atoms with Gasteiger partial charge >= 0.3 is 0 Å². The van der Waals surface area contributed by atoms with Gasteiger partial charge in [-0.25, -0.2) is 0 Å². The summed E-state index contributed by atoms with van der Waals surface area (Å²) in [7, 11) is 1.73. The van der Waals surface area contributed by atoms with Gasteiger partial charge in [-0.1, -0.05) is 24.3 Å². The molecule has 0 aliphatic carbocycles. The summed E-state index contributed by atoms with van der Waals surface area (Å²) in [6, 6.07) is 17.4. The highest BCUT2D eigenvalue weighted by atomic mass is 127. The molecule has 6 nitrogen and oxygen atoms in total. The zero-order valence-corrected chi connectivity index (χ0v) is 19.1. The van der Waals surface area contributed by atoms with E-state index in [1.807, 2.05) is 50.2 Å². The first kappa shape index (κ1) is 22.6. The third kappa shape index (κ3) is 5.64. The largest absolute Gasteiger partial charge is 0.490 e. The maximum Gasteiger partial charge on any atom is 0.191 e. The second-order valence-corrected chi connectivity index (χ2v) is 6.36. The quantitative estimate of drug-likeness (QED) is 0.288. The van der Waals surface area contributed by atoms with Gasteiger partial charge < -0.3 is 19.8 Å². The van der Waals surface area contributed by atoms with Gasteiger partial charge in [0.15, 0.2) is 17.3 Å². The van der Waals surface area contributed by atoms with Crippen LogP contribution in [0, 0.1) is 11.3 Å². The number of para-hydroxylation sites is 1. The van der Waals surface area contributed by atoms with Gasteiger partial charge in [0.2, 0.25) is 0 Å². The number of guanidine groups is 1. The van der Waals surface area contributed by atoms with E-state index in [4.69, 9.17) is 14.4 Å². The van der Waals surface area contributed by atoms with Gasteiger partial charge in [0.1, 0.15) is 5.76 Å². The molecule has 0 aliphatic rings. The number of halogens is 1. The Balaban J connectivity index is 0.00000300. The number of nitriles is 1. The van der Waals surface area contributed by atoms with Crippen LogP contribution in [-0.4, -0.2) is 19.6 Å². The van der Waals surface area contributed by atoms with Crippen LogP contribution in [-0.2, 0) is 6.54 Å². The van der Waals surface area contributed by atoms with Gasteiger partial charge in [0, 0.05) is 19.0 Å². The SMILES string of the molecule is CCOc1cccc2cc(C(C)NC(=NC)NCc3ccc(C#N)cc3)oc12.I. The maximum absolute atomic E-state index is 8.88. The monoisotopic (exact) mass is 504 g/mol. The molecule has 1 atom stereocenters. The summed E-state index contributed by atoms with van der Waals surface area (Å²) >= 11 is 0. The number of ether oxygens (including phenoxy) is 1. The molecule has 0 radical (unpaired) electrons. The number of aliphatic imine (C=N–C) groups is 1. The van der Waals surface area contributed by atoms with Crippen molar-refractivity contribution in [2.24, 2.45) is 4.99 Å². The Morgan fingerprint density at radius 2 is 2.00 bits per heavy atom. The number of rotatable bonds is 6. The Hall–Kier alpha value is -2.73. The summed E-state index contributed by atoms with van der Waals surface area (Å²) in [6.07, 6.45) is 0. The van der Waals surface area contributed by atoms with Crippen LogP contribution in [0.4, 0.5) is 0 Å². The summed E-state index contributed by atoms with van der Waals surface area (Å²) in [4.78, 5) is 4.28. The number of hydrogen-bond donors (Lipinski definition) is 2. The van der Waals surface area contributed by atoms with Gasteiger partial charge in [-0.05, 0) is 43.7 Å². The van der Waals surface area contributed by atoms with Crippen molar-refractivity contribution in [3.05, 3.63) is 65.4 Å². The number of nitrogens with one attached hydrogen (secondary N) is 2. The Morgan fingerprint density at radius 3 is 2.66 bits per heavy atom. The van der Waals surface area contributed by atoms with E-state index in [1.54, 1.807) is 19.2 Å². The van der Waals surface area contributed by atoms with Crippen molar-refractivity contribution < 1.29 is 9.15 Å². The van der Waals surface area contributed by atoms with Crippen LogP contribution in [0.1, 0.15) is 36.8 Å². The van der Waals surface area contributed by atoms with Crippen LogP contribution in [0.3, 0.4) is 0 Å². The van der Waals surface area contributed by atoms with E-state index in [0.29, 0.717) is 24.7 Å². The first-order valence-electron chi connectivity index (χ1n) is 9.26. The van der Waals surface area contributed by atoms with Crippen LogP contribution in [0.15, 0.2) is 57.9 Å². The normalized spacial score (nSPS) is 12.0. The minimum atomic E-state index is -0.0750. The molecule has 3 rings (SSSR count). The van der Waals surface area contributed by atoms with E-state index in [1.165, 1.54) is 0 Å². The molecular formula is C22H25IN4O2. The summed E-state index contributed by atoms with van der Waals surface area (Å²) < 4.78 is 11.7. The van der Waals surface area contributed by atoms with Crippen molar-refractivity contribution in [1.82, 2.24) is 10.6 Å². The zero-order chi connectivity index (χ0) is 19.9. The summed E-state index contributed by atoms with van der Waals surface area (Å²) in [5.74, 6) is 2.23. The van der Waals surface area contributed by atoms with Gasteiger partial charge in [0.25, 0.3) is 0 Å². The second kappa shape index (κ2) is 10.7. The van der Waals surface area contributed by atoms with E-state index >= 15 is 0 Å². The number of benzene rings is 2. The molecule has 152 valence electrons. The van der Waals surface area contributed by atoms with E-state index < -0.39 is 0 Å². The standard InChI is InChI=1S/C22H24N4O2.HI/c1-4-27-19-7-5-6-18-12-20(28-21(18)19)15(2)26-22(24-3)25-14-17-10-8-16(13-23)9-11-17;/h5-12,15H,4,14H2,1-3H3,(H2,24,25,26);1H. The Bertz CT molecular complexity index is 1010. The van der Waals surface area contributed by atoms with Gasteiger partial charge in [-0.3, -0.25) is 4.99 Å². The molecule has 1 unspecified atom stereocenters. The molecule has 0 bridgehead atoms. The average molecular weight is 504 g/mol. The Labute approximate surface area is 188 Å². The Morgan fingerprint density at radius 1 is 1.24 bits per heavy atom. The fourth-order valence-corrected chi connectivity index (χ4v) is 2.89. The van der Waals surface area contributed by atoms with Gasteiger partial charge in [0.05, 0.1) is 24.3 Å². The first-order chi connectivity index (χ1) is 13.6. The molecule has 7 heteroatoms. The lowest BCUT2D eigenvalue weighted by molar-refractivity contribution is 0.336. The molecule has 0 saturated heterocycles. The highest BCUT2D eigenvalue weighted by Gasteiger charge is 2.15. The molecule has 0 saturated carbocycles. The number of furan rings is 1. The van der Waals surface area contributed by atoms with Crippen LogP contribution < -0.4 is 15.4 Å². The van der Waals surface area contributed by atoms with Gasteiger partial charge in [-0.15, -0.1) is 24.0 Å². The molecule has 0 aliphatic heterocycles. The summed E-state index contributed by atoms with van der Waals surface area (Å²) in [5.41, 5.74) is 2.48. The third-order valence-electron chi connectivity index (χ3n) is 4.37. The molecule has 1 aromatic heterocycles. The van der Waals surface area contributed by atoms with E-state index in [9.17, 15) is 0 Å². The van der Waals surface area contributed by atoms with Crippen molar-refractivity contribution in [2.45, 2.75) is 26.4 Å². The predicted octanol–water partition coefficient (Wildman–Crippen LogP) is 4.75. The summed E-state index contributed by atoms with van der Waals surface area (Å²) in [5, 5.41) is 16.5. The zero-order valence-electron chi connectivity index (χ0n) is 16.7. The number of fused-ring (bicyclic) bond motifs is 1. The number of hydrogen-bond acceptors (Lipinski definition) is 4. The minimum absolute atomic E-state index is 0. The van der Waals surface area contributed by atoms with Crippen LogP contribution in [0.5, 0.6) is 5.75 Å². The Kier molecular flexibility index (Phi) is 8.34. The molecule has 29 heavy (non-hydrogen) atoms. The van der Waals surface area contributed by atoms with Crippen LogP contribution in [0.25, 0.3) is 11.0 Å². The highest BCUT2D eigenvalue weighted by Crippen LogP contribution is 2.31. The van der Waals surface area contributed by atoms with E-state index in [2.05, 4.69) is 21.7 Å². The first-order valence-corrected chi connectivity index (χ1v) is 9.26. The summed E-state index contributed by atoms with van der Waals surface area (Å²) in [6.45, 7) is 5.17. The van der Waals surface area contributed by atoms with Gasteiger partial charge in [-0.2, -0.15) is 5.26 Å². The van der Waals surface area contributed by atoms with Crippen LogP contribution in [0.2, 0.25) is 0 Å². The van der Waals surface area contributed by atoms with E-state index in [-0.39, 0.29) is 30.0 Å². The lowest BCUT2D eigenvalue weighted by atomic mass is 10.1. The molecule has 0 amide bonds. The third-order valence-corrected chi connectivity index (χ3v) is 4.37. The van der Waals surface area contributed by atoms with Crippen LogP contribution >= 0.6 is 24.0 Å². The predicted molar refractivity (Wildman–Crippen MR) is 126 cm³/mol. The minimum Gasteiger partial charge on any atom is -0.490 e. The molecule has 0 fully saturated rings. The van der Waals surface area contributed by atoms with Crippen molar-refractivity contribution in [1.29, 1.82) is 5.26 Å². The highest BCUT2D eigenvalue weighted by molar-refractivity contribution is 14.0. The molecule has 1 heterocycles. The second-order valence-electron chi connectivity index (χ2n) is 6.36. The molecular weight excluding hydrogens is 479 g/mol. The van der Waals surface area contributed by atoms with Crippen molar-refractivity contribution in [3.63, 3.8) is 0 Å². The fraction of sp³-hybridized carbons (Fsp3) is 0.273. The molecule has 2 N–H and O–H groups in total. The lowest BCUT2D eigenvalue weighted by Gasteiger charge is -2.16. The van der Waals surface area contributed by atoms with E-state index in [0.717, 1.165) is 28.0 Å². The maximum atomic E-state index is 8.88. The van der Waals surface area contributed by atoms with Crippen molar-refractivity contribution >= 4 is 40.9 Å². The fourth-order valence-electron chi connectivity index (χ4n) is 2.89. The molecule has 2 aromatic carbocycles. The molecule has 3 aromatic rings. The average Bonchev–Trinajstić information content (AvgIpc) is 3.17. The van der Waals surface area contributed by atoms with Crippen molar-refractivity contribution in [2.75, 3.05) is 13.7 Å². The van der Waals surface area contributed by atoms with Crippen molar-refractivity contribution in [3.8, 4) is 11.8 Å².